The number of nitrogens with one attached hydrogen (secondary N) is 2. The Bertz CT molecular complexity index is 1130. The van der Waals surface area contributed by atoms with Crippen molar-refractivity contribution in [3.8, 4) is 11.5 Å². The van der Waals surface area contributed by atoms with Gasteiger partial charge in [-0.1, -0.05) is 11.6 Å². The lowest BCUT2D eigenvalue weighted by atomic mass is 10.2. The average Bonchev–Trinajstić information content (AvgIpc) is 3.13. The number of aromatic nitrogens is 3. The Morgan fingerprint density at radius 3 is 2.76 bits per heavy atom. The van der Waals surface area contributed by atoms with E-state index in [2.05, 4.69) is 20.3 Å². The molecule has 2 aromatic heterocycles. The molecule has 0 aliphatic carbocycles. The first-order valence-electron chi connectivity index (χ1n) is 8.88. The highest BCUT2D eigenvalue weighted by molar-refractivity contribution is 6.31. The number of hydrogen-bond donors (Lipinski definition) is 3. The van der Waals surface area contributed by atoms with E-state index in [9.17, 15) is 9.90 Å². The third-order valence-corrected chi connectivity index (χ3v) is 4.40. The van der Waals surface area contributed by atoms with Crippen molar-refractivity contribution >= 4 is 34.2 Å². The van der Waals surface area contributed by atoms with E-state index in [1.807, 2.05) is 0 Å². The van der Waals surface area contributed by atoms with Gasteiger partial charge in [-0.2, -0.15) is 0 Å². The van der Waals surface area contributed by atoms with E-state index in [0.717, 1.165) is 0 Å². The first kappa shape index (κ1) is 18.9. The number of nitrogens with zero attached hydrogens (tertiary/aromatic N) is 2. The lowest BCUT2D eigenvalue weighted by Gasteiger charge is -2.10. The predicted molar refractivity (Wildman–Crippen MR) is 110 cm³/mol. The SMILES string of the molecule is O=C(CC(O)c1nc2ccc(Cl)cc2[nH]1)Nc1ccc(Oc2cccnc2)cc1. The summed E-state index contributed by atoms with van der Waals surface area (Å²) in [6.07, 6.45) is 2.08. The van der Waals surface area contributed by atoms with Crippen molar-refractivity contribution in [2.45, 2.75) is 12.5 Å². The Morgan fingerprint density at radius 2 is 2.00 bits per heavy atom. The predicted octanol–water partition coefficient (Wildman–Crippen LogP) is 4.47. The van der Waals surface area contributed by atoms with Gasteiger partial charge < -0.3 is 20.1 Å². The molecule has 29 heavy (non-hydrogen) atoms. The highest BCUT2D eigenvalue weighted by Gasteiger charge is 2.17. The van der Waals surface area contributed by atoms with Gasteiger partial charge in [-0.3, -0.25) is 9.78 Å². The summed E-state index contributed by atoms with van der Waals surface area (Å²) < 4.78 is 5.66. The molecule has 7 nitrogen and oxygen atoms in total. The number of halogens is 1. The number of amides is 1. The Balaban J connectivity index is 1.36. The molecule has 0 bridgehead atoms. The number of carbonyl (C=O) groups excluding carboxylic acids is 1. The largest absolute Gasteiger partial charge is 0.456 e. The first-order chi connectivity index (χ1) is 14.1. The summed E-state index contributed by atoms with van der Waals surface area (Å²) in [6.45, 7) is 0. The maximum absolute atomic E-state index is 12.3. The van der Waals surface area contributed by atoms with E-state index in [4.69, 9.17) is 16.3 Å². The van der Waals surface area contributed by atoms with E-state index in [1.165, 1.54) is 0 Å². The average molecular weight is 409 g/mol. The smallest absolute Gasteiger partial charge is 0.227 e. The van der Waals surface area contributed by atoms with Gasteiger partial charge in [0.05, 0.1) is 23.7 Å². The van der Waals surface area contributed by atoms with E-state index in [1.54, 1.807) is 67.0 Å². The zero-order valence-electron chi connectivity index (χ0n) is 15.2. The standard InChI is InChI=1S/C21H17ClN4O3/c22-13-3-8-17-18(10-13)26-21(25-17)19(27)11-20(28)24-14-4-6-15(7-5-14)29-16-2-1-9-23-12-16/h1-10,12,19,27H,11H2,(H,24,28)(H,25,26). The topological polar surface area (TPSA) is 100 Å². The highest BCUT2D eigenvalue weighted by atomic mass is 35.5. The second-order valence-electron chi connectivity index (χ2n) is 6.37. The molecular weight excluding hydrogens is 392 g/mol. The number of imidazole rings is 1. The van der Waals surface area contributed by atoms with Crippen LogP contribution in [0.1, 0.15) is 18.3 Å². The summed E-state index contributed by atoms with van der Waals surface area (Å²) in [5.41, 5.74) is 1.97. The van der Waals surface area contributed by atoms with Crippen molar-refractivity contribution in [3.63, 3.8) is 0 Å². The molecule has 146 valence electrons. The lowest BCUT2D eigenvalue weighted by Crippen LogP contribution is -2.16. The quantitative estimate of drug-likeness (QED) is 0.437. The molecule has 4 aromatic rings. The molecular formula is C21H17ClN4O3. The molecule has 0 saturated heterocycles. The van der Waals surface area contributed by atoms with Gasteiger partial charge in [0.2, 0.25) is 5.91 Å². The van der Waals surface area contributed by atoms with Gasteiger partial charge in [0, 0.05) is 16.9 Å². The van der Waals surface area contributed by atoms with E-state index in [0.29, 0.717) is 39.1 Å². The molecule has 0 spiro atoms. The number of aromatic amines is 1. The van der Waals surface area contributed by atoms with E-state index < -0.39 is 6.10 Å². The zero-order valence-corrected chi connectivity index (χ0v) is 15.9. The fourth-order valence-electron chi connectivity index (χ4n) is 2.79. The van der Waals surface area contributed by atoms with Gasteiger partial charge in [0.1, 0.15) is 23.4 Å². The van der Waals surface area contributed by atoms with Crippen molar-refractivity contribution in [2.75, 3.05) is 5.32 Å². The van der Waals surface area contributed by atoms with Gasteiger partial charge in [-0.15, -0.1) is 0 Å². The van der Waals surface area contributed by atoms with Gasteiger partial charge in [0.25, 0.3) is 0 Å². The van der Waals surface area contributed by atoms with Crippen LogP contribution in [0.5, 0.6) is 11.5 Å². The summed E-state index contributed by atoms with van der Waals surface area (Å²) in [4.78, 5) is 23.5. The van der Waals surface area contributed by atoms with Crippen molar-refractivity contribution in [2.24, 2.45) is 0 Å². The van der Waals surface area contributed by atoms with Gasteiger partial charge in [0.15, 0.2) is 0 Å². The summed E-state index contributed by atoms with van der Waals surface area (Å²) in [5, 5.41) is 13.6. The van der Waals surface area contributed by atoms with Crippen molar-refractivity contribution in [1.29, 1.82) is 0 Å². The molecule has 0 fully saturated rings. The van der Waals surface area contributed by atoms with Crippen molar-refractivity contribution in [3.05, 3.63) is 77.8 Å². The van der Waals surface area contributed by atoms with Crippen LogP contribution < -0.4 is 10.1 Å². The Labute approximate surface area is 171 Å². The number of hydrogen-bond acceptors (Lipinski definition) is 5. The molecule has 3 N–H and O–H groups in total. The third-order valence-electron chi connectivity index (χ3n) is 4.16. The van der Waals surface area contributed by atoms with Gasteiger partial charge in [-0.25, -0.2) is 4.98 Å². The Kier molecular flexibility index (Phi) is 5.41. The van der Waals surface area contributed by atoms with E-state index >= 15 is 0 Å². The first-order valence-corrected chi connectivity index (χ1v) is 9.26. The number of aliphatic hydroxyl groups excluding tert-OH is 1. The highest BCUT2D eigenvalue weighted by Crippen LogP contribution is 2.24. The van der Waals surface area contributed by atoms with E-state index in [-0.39, 0.29) is 12.3 Å². The van der Waals surface area contributed by atoms with Crippen LogP contribution in [0.2, 0.25) is 5.02 Å². The third kappa shape index (κ3) is 4.71. The number of carbonyl (C=O) groups is 1. The molecule has 0 aliphatic rings. The lowest BCUT2D eigenvalue weighted by molar-refractivity contribution is -0.118. The molecule has 0 radical (unpaired) electrons. The number of anilines is 1. The summed E-state index contributed by atoms with van der Waals surface area (Å²) in [6, 6.07) is 15.7. The number of benzene rings is 2. The number of aliphatic hydroxyl groups is 1. The zero-order chi connectivity index (χ0) is 20.2. The number of pyridine rings is 1. The number of ether oxygens (including phenoxy) is 1. The molecule has 0 aliphatic heterocycles. The molecule has 8 heteroatoms. The summed E-state index contributed by atoms with van der Waals surface area (Å²) in [7, 11) is 0. The number of fused-ring (bicyclic) bond motifs is 1. The molecule has 1 atom stereocenters. The van der Waals surface area contributed by atoms with Crippen LogP contribution in [-0.4, -0.2) is 26.0 Å². The Morgan fingerprint density at radius 1 is 1.17 bits per heavy atom. The molecule has 1 amide bonds. The summed E-state index contributed by atoms with van der Waals surface area (Å²) in [5.74, 6) is 1.23. The maximum Gasteiger partial charge on any atom is 0.227 e. The normalized spacial score (nSPS) is 11.9. The fourth-order valence-corrected chi connectivity index (χ4v) is 2.97. The van der Waals surface area contributed by atoms with Gasteiger partial charge in [-0.05, 0) is 54.6 Å². The van der Waals surface area contributed by atoms with Crippen LogP contribution in [0.3, 0.4) is 0 Å². The van der Waals surface area contributed by atoms with Gasteiger partial charge >= 0.3 is 0 Å². The fraction of sp³-hybridized carbons (Fsp3) is 0.0952. The maximum atomic E-state index is 12.3. The molecule has 2 aromatic carbocycles. The molecule has 4 rings (SSSR count). The summed E-state index contributed by atoms with van der Waals surface area (Å²) >= 11 is 5.95. The molecule has 0 saturated carbocycles. The minimum absolute atomic E-state index is 0.137. The minimum Gasteiger partial charge on any atom is -0.456 e. The molecule has 2 heterocycles. The van der Waals surface area contributed by atoms with Crippen LogP contribution in [0.25, 0.3) is 11.0 Å². The van der Waals surface area contributed by atoms with Crippen LogP contribution in [0, 0.1) is 0 Å². The van der Waals surface area contributed by atoms with Crippen LogP contribution >= 0.6 is 11.6 Å². The second kappa shape index (κ2) is 8.30. The van der Waals surface area contributed by atoms with Crippen LogP contribution in [0.4, 0.5) is 5.69 Å². The van der Waals surface area contributed by atoms with Crippen LogP contribution in [0.15, 0.2) is 67.0 Å². The number of H-pyrrole nitrogens is 1. The number of rotatable bonds is 6. The monoisotopic (exact) mass is 408 g/mol. The second-order valence-corrected chi connectivity index (χ2v) is 6.80. The minimum atomic E-state index is -1.06. The van der Waals surface area contributed by atoms with Crippen molar-refractivity contribution < 1.29 is 14.6 Å². The van der Waals surface area contributed by atoms with Crippen LogP contribution in [-0.2, 0) is 4.79 Å². The van der Waals surface area contributed by atoms with Crippen molar-refractivity contribution in [1.82, 2.24) is 15.0 Å². The Hall–Kier alpha value is -3.42. The molecule has 1 unspecified atom stereocenters.